The van der Waals surface area contributed by atoms with Crippen LogP contribution in [0.4, 0.5) is 0 Å². The molecule has 0 saturated carbocycles. The molecule has 20 heavy (non-hydrogen) atoms. The van der Waals surface area contributed by atoms with Crippen molar-refractivity contribution in [2.24, 2.45) is 5.92 Å². The largest absolute Gasteiger partial charge is 0.487 e. The minimum Gasteiger partial charge on any atom is -0.487 e. The van der Waals surface area contributed by atoms with Crippen LogP contribution in [0.1, 0.15) is 18.4 Å². The Balaban J connectivity index is 1.58. The number of nitrogens with zero attached hydrogens (tertiary/aromatic N) is 1. The molecule has 0 amide bonds. The third-order valence-electron chi connectivity index (χ3n) is 4.30. The lowest BCUT2D eigenvalue weighted by atomic mass is 9.91. The number of benzene rings is 1. The summed E-state index contributed by atoms with van der Waals surface area (Å²) in [5.74, 6) is 1.81. The van der Waals surface area contributed by atoms with Gasteiger partial charge in [-0.05, 0) is 78.9 Å². The number of ether oxygens (including phenoxy) is 1. The van der Waals surface area contributed by atoms with Crippen LogP contribution >= 0.6 is 15.9 Å². The fourth-order valence-corrected chi connectivity index (χ4v) is 3.60. The van der Waals surface area contributed by atoms with E-state index in [0.717, 1.165) is 29.2 Å². The van der Waals surface area contributed by atoms with Gasteiger partial charge in [0.2, 0.25) is 0 Å². The van der Waals surface area contributed by atoms with Crippen molar-refractivity contribution in [1.82, 2.24) is 10.2 Å². The third kappa shape index (κ3) is 3.54. The summed E-state index contributed by atoms with van der Waals surface area (Å²) in [4.78, 5) is 2.27. The van der Waals surface area contributed by atoms with E-state index >= 15 is 0 Å². The van der Waals surface area contributed by atoms with E-state index in [9.17, 15) is 0 Å². The van der Waals surface area contributed by atoms with Crippen LogP contribution < -0.4 is 10.1 Å². The molecule has 2 aliphatic rings. The zero-order valence-electron chi connectivity index (χ0n) is 12.1. The van der Waals surface area contributed by atoms with Gasteiger partial charge in [0.15, 0.2) is 0 Å². The van der Waals surface area contributed by atoms with Gasteiger partial charge in [-0.2, -0.15) is 0 Å². The highest BCUT2D eigenvalue weighted by molar-refractivity contribution is 9.10. The van der Waals surface area contributed by atoms with Crippen molar-refractivity contribution in [3.8, 4) is 5.75 Å². The van der Waals surface area contributed by atoms with Gasteiger partial charge in [-0.3, -0.25) is 4.90 Å². The maximum Gasteiger partial charge on any atom is 0.134 e. The lowest BCUT2D eigenvalue weighted by Crippen LogP contribution is -2.51. The zero-order valence-corrected chi connectivity index (χ0v) is 13.7. The molecule has 0 unspecified atom stereocenters. The van der Waals surface area contributed by atoms with Crippen molar-refractivity contribution in [1.29, 1.82) is 0 Å². The molecule has 0 radical (unpaired) electrons. The number of nitrogens with one attached hydrogen (secondary N) is 1. The summed E-state index contributed by atoms with van der Waals surface area (Å²) >= 11 is 3.66. The molecule has 2 saturated heterocycles. The van der Waals surface area contributed by atoms with Gasteiger partial charge in [0.1, 0.15) is 11.9 Å². The van der Waals surface area contributed by atoms with Crippen molar-refractivity contribution in [3.05, 3.63) is 28.2 Å². The topological polar surface area (TPSA) is 24.5 Å². The number of piperidine rings is 1. The lowest BCUT2D eigenvalue weighted by molar-refractivity contribution is 0.0383. The highest BCUT2D eigenvalue weighted by Gasteiger charge is 2.25. The second kappa shape index (κ2) is 6.46. The molecule has 110 valence electrons. The Morgan fingerprint density at radius 2 is 2.05 bits per heavy atom. The summed E-state index contributed by atoms with van der Waals surface area (Å²) in [6, 6.07) is 6.59. The molecule has 2 aliphatic heterocycles. The molecule has 4 heteroatoms. The minimum atomic E-state index is 0.353. The molecule has 2 heterocycles. The van der Waals surface area contributed by atoms with Crippen LogP contribution in [-0.2, 0) is 6.42 Å². The van der Waals surface area contributed by atoms with Crippen molar-refractivity contribution in [2.75, 3.05) is 33.2 Å². The van der Waals surface area contributed by atoms with Crippen LogP contribution in [0, 0.1) is 5.92 Å². The second-order valence-corrected chi connectivity index (χ2v) is 6.98. The molecule has 1 aromatic rings. The van der Waals surface area contributed by atoms with E-state index in [1.807, 2.05) is 0 Å². The van der Waals surface area contributed by atoms with Crippen molar-refractivity contribution in [2.45, 2.75) is 25.4 Å². The highest BCUT2D eigenvalue weighted by atomic mass is 79.9. The predicted octanol–water partition coefficient (Wildman–Crippen LogP) is 2.68. The van der Waals surface area contributed by atoms with Gasteiger partial charge in [0.25, 0.3) is 0 Å². The maximum absolute atomic E-state index is 6.00. The molecular weight excluding hydrogens is 316 g/mol. The lowest BCUT2D eigenvalue weighted by Gasteiger charge is -2.36. The maximum atomic E-state index is 6.00. The van der Waals surface area contributed by atoms with Gasteiger partial charge in [0, 0.05) is 13.1 Å². The molecule has 0 spiro atoms. The second-order valence-electron chi connectivity index (χ2n) is 6.12. The molecule has 3 nitrogen and oxygen atoms in total. The van der Waals surface area contributed by atoms with Gasteiger partial charge in [-0.15, -0.1) is 0 Å². The first-order valence-electron chi connectivity index (χ1n) is 7.55. The van der Waals surface area contributed by atoms with Crippen LogP contribution in [0.5, 0.6) is 5.75 Å². The number of hydrogen-bond donors (Lipinski definition) is 1. The van der Waals surface area contributed by atoms with E-state index in [2.05, 4.69) is 51.4 Å². The van der Waals surface area contributed by atoms with Crippen LogP contribution in [0.25, 0.3) is 0 Å². The van der Waals surface area contributed by atoms with Crippen LogP contribution in [0.3, 0.4) is 0 Å². The molecule has 0 aromatic heterocycles. The Labute approximate surface area is 129 Å². The SMILES string of the molecule is CN1CC(Oc2ccc(CC3CCNCC3)cc2Br)C1. The average molecular weight is 339 g/mol. The van der Waals surface area contributed by atoms with Gasteiger partial charge in [0.05, 0.1) is 4.47 Å². The Morgan fingerprint density at radius 1 is 1.30 bits per heavy atom. The molecular formula is C16H23BrN2O. The number of hydrogen-bond acceptors (Lipinski definition) is 3. The van der Waals surface area contributed by atoms with Crippen molar-refractivity contribution >= 4 is 15.9 Å². The van der Waals surface area contributed by atoms with E-state index in [1.165, 1.54) is 37.9 Å². The van der Waals surface area contributed by atoms with E-state index < -0.39 is 0 Å². The Bertz CT molecular complexity index is 454. The fraction of sp³-hybridized carbons (Fsp3) is 0.625. The smallest absolute Gasteiger partial charge is 0.134 e. The van der Waals surface area contributed by atoms with Crippen LogP contribution in [0.15, 0.2) is 22.7 Å². The summed E-state index contributed by atoms with van der Waals surface area (Å²) in [6.45, 7) is 4.40. The van der Waals surface area contributed by atoms with E-state index in [0.29, 0.717) is 6.10 Å². The Morgan fingerprint density at radius 3 is 2.70 bits per heavy atom. The number of rotatable bonds is 4. The van der Waals surface area contributed by atoms with Crippen molar-refractivity contribution in [3.63, 3.8) is 0 Å². The van der Waals surface area contributed by atoms with Crippen molar-refractivity contribution < 1.29 is 4.74 Å². The number of likely N-dealkylation sites (tertiary alicyclic amines) is 1. The molecule has 1 aromatic carbocycles. The Hall–Kier alpha value is -0.580. The first kappa shape index (κ1) is 14.4. The van der Waals surface area contributed by atoms with Crippen LogP contribution in [0.2, 0.25) is 0 Å². The van der Waals surface area contributed by atoms with Gasteiger partial charge in [-0.25, -0.2) is 0 Å². The number of halogens is 1. The summed E-state index contributed by atoms with van der Waals surface area (Å²) in [5.41, 5.74) is 1.42. The summed E-state index contributed by atoms with van der Waals surface area (Å²) < 4.78 is 7.09. The number of likely N-dealkylation sites (N-methyl/N-ethyl adjacent to an activating group) is 1. The highest BCUT2D eigenvalue weighted by Crippen LogP contribution is 2.30. The first-order valence-corrected chi connectivity index (χ1v) is 8.34. The molecule has 0 bridgehead atoms. The van der Waals surface area contributed by atoms with Gasteiger partial charge >= 0.3 is 0 Å². The monoisotopic (exact) mass is 338 g/mol. The summed E-state index contributed by atoms with van der Waals surface area (Å²) in [5, 5.41) is 3.43. The van der Waals surface area contributed by atoms with E-state index in [-0.39, 0.29) is 0 Å². The summed E-state index contributed by atoms with van der Waals surface area (Å²) in [6.07, 6.45) is 4.13. The molecule has 0 aliphatic carbocycles. The molecule has 0 atom stereocenters. The standard InChI is InChI=1S/C16H23BrN2O/c1-19-10-14(11-19)20-16-3-2-13(9-15(16)17)8-12-4-6-18-7-5-12/h2-3,9,12,14,18H,4-8,10-11H2,1H3. The predicted molar refractivity (Wildman–Crippen MR) is 85.4 cm³/mol. The van der Waals surface area contributed by atoms with E-state index in [4.69, 9.17) is 4.74 Å². The Kier molecular flexibility index (Phi) is 4.64. The van der Waals surface area contributed by atoms with Gasteiger partial charge in [-0.1, -0.05) is 6.07 Å². The van der Waals surface area contributed by atoms with Crippen LogP contribution in [-0.4, -0.2) is 44.2 Å². The summed E-state index contributed by atoms with van der Waals surface area (Å²) in [7, 11) is 2.12. The average Bonchev–Trinajstić information content (AvgIpc) is 2.41. The zero-order chi connectivity index (χ0) is 13.9. The van der Waals surface area contributed by atoms with Gasteiger partial charge < -0.3 is 10.1 Å². The third-order valence-corrected chi connectivity index (χ3v) is 4.92. The molecule has 3 rings (SSSR count). The fourth-order valence-electron chi connectivity index (χ4n) is 3.08. The quantitative estimate of drug-likeness (QED) is 0.913. The minimum absolute atomic E-state index is 0.353. The molecule has 1 N–H and O–H groups in total. The molecule has 2 fully saturated rings. The normalized spacial score (nSPS) is 21.7. The van der Waals surface area contributed by atoms with E-state index in [1.54, 1.807) is 0 Å². The first-order chi connectivity index (χ1) is 9.70.